The third kappa shape index (κ3) is 4.95. The molecule has 3 aromatic rings. The van der Waals surface area contributed by atoms with Gasteiger partial charge in [0.1, 0.15) is 6.04 Å². The van der Waals surface area contributed by atoms with Gasteiger partial charge in [-0.15, -0.1) is 0 Å². The lowest BCUT2D eigenvalue weighted by Crippen LogP contribution is -2.46. The van der Waals surface area contributed by atoms with Gasteiger partial charge in [0.05, 0.1) is 16.6 Å². The van der Waals surface area contributed by atoms with Crippen LogP contribution in [0.2, 0.25) is 5.02 Å². The molecule has 3 atom stereocenters. The first-order chi connectivity index (χ1) is 18.9. The lowest BCUT2D eigenvalue weighted by atomic mass is 9.77. The first-order valence-corrected chi connectivity index (χ1v) is 15.3. The zero-order chi connectivity index (χ0) is 27.0. The third-order valence-electron chi connectivity index (χ3n) is 7.92. The quantitative estimate of drug-likeness (QED) is 0.367. The van der Waals surface area contributed by atoms with Crippen molar-refractivity contribution >= 4 is 39.3 Å². The summed E-state index contributed by atoms with van der Waals surface area (Å²) in [4.78, 5) is 14.4. The average Bonchev–Trinajstić information content (AvgIpc) is 3.61. The summed E-state index contributed by atoms with van der Waals surface area (Å²) in [5.41, 5.74) is 4.21. The number of hydrogen-bond acceptors (Lipinski definition) is 4. The maximum Gasteiger partial charge on any atom is 0.261 e. The van der Waals surface area contributed by atoms with Crippen LogP contribution in [0.1, 0.15) is 49.3 Å². The molecule has 1 amide bonds. The largest absolute Gasteiger partial charge is 0.271 e. The van der Waals surface area contributed by atoms with Crippen molar-refractivity contribution in [1.82, 2.24) is 9.31 Å². The van der Waals surface area contributed by atoms with Gasteiger partial charge >= 0.3 is 0 Å². The molecule has 3 aromatic carbocycles. The summed E-state index contributed by atoms with van der Waals surface area (Å²) in [6.45, 7) is 0.296. The van der Waals surface area contributed by atoms with E-state index >= 15 is 0 Å². The van der Waals surface area contributed by atoms with Gasteiger partial charge in [-0.05, 0) is 79.1 Å². The van der Waals surface area contributed by atoms with Crippen LogP contribution >= 0.6 is 11.6 Å². The fraction of sp³-hybridized carbons (Fsp3) is 0.290. The zero-order valence-electron chi connectivity index (χ0n) is 21.5. The highest BCUT2D eigenvalue weighted by Gasteiger charge is 2.48. The molecule has 6 rings (SSSR count). The molecule has 3 aliphatic rings. The third-order valence-corrected chi connectivity index (χ3v) is 10.1. The molecule has 0 bridgehead atoms. The number of hydrogen-bond donors (Lipinski definition) is 0. The fourth-order valence-corrected chi connectivity index (χ4v) is 7.86. The fourth-order valence-electron chi connectivity index (χ4n) is 6.09. The lowest BCUT2D eigenvalue weighted by molar-refractivity contribution is -0.137. The van der Waals surface area contributed by atoms with Gasteiger partial charge in [-0.25, -0.2) is 13.4 Å². The second-order valence-electron chi connectivity index (χ2n) is 10.3. The van der Waals surface area contributed by atoms with Crippen molar-refractivity contribution in [2.75, 3.05) is 6.54 Å². The van der Waals surface area contributed by atoms with Crippen LogP contribution in [0.15, 0.2) is 100 Å². The van der Waals surface area contributed by atoms with Gasteiger partial charge < -0.3 is 0 Å². The Morgan fingerprint density at radius 1 is 0.897 bits per heavy atom. The summed E-state index contributed by atoms with van der Waals surface area (Å²) in [6.07, 6.45) is 6.08. The Labute approximate surface area is 234 Å². The van der Waals surface area contributed by atoms with E-state index in [1.807, 2.05) is 48.5 Å². The summed E-state index contributed by atoms with van der Waals surface area (Å²) in [7, 11) is -3.87. The van der Waals surface area contributed by atoms with Crippen molar-refractivity contribution < 1.29 is 13.2 Å². The van der Waals surface area contributed by atoms with Crippen molar-refractivity contribution in [3.05, 3.63) is 107 Å². The number of benzene rings is 3. The van der Waals surface area contributed by atoms with Crippen LogP contribution in [0.4, 0.5) is 0 Å². The minimum atomic E-state index is -3.87. The molecule has 0 N–H and O–H groups in total. The Balaban J connectivity index is 1.38. The zero-order valence-corrected chi connectivity index (χ0v) is 23.1. The predicted octanol–water partition coefficient (Wildman–Crippen LogP) is 6.32. The van der Waals surface area contributed by atoms with Crippen LogP contribution in [-0.2, 0) is 14.8 Å². The Hall–Kier alpha value is -3.26. The Morgan fingerprint density at radius 2 is 1.59 bits per heavy atom. The van der Waals surface area contributed by atoms with Crippen molar-refractivity contribution in [3.63, 3.8) is 0 Å². The number of sulfonamides is 1. The molecule has 1 saturated heterocycles. The standard InChI is InChI=1S/C31H30ClN3O3S/c32-25-16-18-26(19-17-25)39(37,38)34-20-8-15-28(34)31(36)35-30(23-11-5-2-6-12-23)27-14-7-13-24(29(27)33-35)21-22-9-3-1-4-10-22/h1-6,9-12,16-19,21,27-28,30H,7-8,13-15,20H2/b24-21-/t27-,28-,30-/m0/s1. The van der Waals surface area contributed by atoms with Crippen LogP contribution in [-0.4, -0.2) is 41.9 Å². The molecule has 1 aliphatic carbocycles. The molecule has 2 heterocycles. The molecule has 8 heteroatoms. The second-order valence-corrected chi connectivity index (χ2v) is 12.7. The van der Waals surface area contributed by atoms with E-state index in [1.165, 1.54) is 16.4 Å². The molecular weight excluding hydrogens is 530 g/mol. The van der Waals surface area contributed by atoms with Crippen LogP contribution in [0.5, 0.6) is 0 Å². The van der Waals surface area contributed by atoms with Crippen LogP contribution in [0, 0.1) is 5.92 Å². The van der Waals surface area contributed by atoms with Crippen molar-refractivity contribution in [2.24, 2.45) is 11.0 Å². The van der Waals surface area contributed by atoms with Crippen LogP contribution < -0.4 is 0 Å². The molecule has 1 saturated carbocycles. The number of carbonyl (C=O) groups excluding carboxylic acids is 1. The van der Waals surface area contributed by atoms with E-state index in [9.17, 15) is 13.2 Å². The summed E-state index contributed by atoms with van der Waals surface area (Å²) in [6, 6.07) is 25.2. The van der Waals surface area contributed by atoms with Crippen molar-refractivity contribution in [3.8, 4) is 0 Å². The molecule has 6 nitrogen and oxygen atoms in total. The summed E-state index contributed by atoms with van der Waals surface area (Å²) < 4.78 is 28.6. The molecule has 0 spiro atoms. The van der Waals surface area contributed by atoms with Gasteiger partial charge in [-0.3, -0.25) is 4.79 Å². The number of hydrazone groups is 1. The summed E-state index contributed by atoms with van der Waals surface area (Å²) in [5, 5.41) is 7.04. The Morgan fingerprint density at radius 3 is 2.31 bits per heavy atom. The molecule has 0 radical (unpaired) electrons. The first-order valence-electron chi connectivity index (χ1n) is 13.4. The predicted molar refractivity (Wildman–Crippen MR) is 154 cm³/mol. The Kier molecular flexibility index (Phi) is 7.14. The maximum atomic E-state index is 14.3. The highest BCUT2D eigenvalue weighted by molar-refractivity contribution is 7.89. The second kappa shape index (κ2) is 10.7. The van der Waals surface area contributed by atoms with Crippen LogP contribution in [0.25, 0.3) is 6.08 Å². The van der Waals surface area contributed by atoms with E-state index < -0.39 is 16.1 Å². The van der Waals surface area contributed by atoms with Gasteiger partial charge in [0.15, 0.2) is 0 Å². The molecule has 2 aliphatic heterocycles. The normalized spacial score (nSPS) is 24.5. The van der Waals surface area contributed by atoms with E-state index in [0.717, 1.165) is 41.7 Å². The van der Waals surface area contributed by atoms with E-state index in [2.05, 4.69) is 18.2 Å². The number of rotatable bonds is 5. The molecule has 0 unspecified atom stereocenters. The van der Waals surface area contributed by atoms with Gasteiger partial charge in [-0.2, -0.15) is 9.41 Å². The van der Waals surface area contributed by atoms with Gasteiger partial charge in [0.2, 0.25) is 10.0 Å². The SMILES string of the molecule is O=C([C@@H]1CCCN1S(=O)(=O)c1ccc(Cl)cc1)N1N=C2/C(=C\c3ccccc3)CCC[C@@H]2[C@@H]1c1ccccc1. The molecule has 2 fully saturated rings. The van der Waals surface area contributed by atoms with Gasteiger partial charge in [0, 0.05) is 17.5 Å². The molecular formula is C31H30ClN3O3S. The van der Waals surface area contributed by atoms with Gasteiger partial charge in [-0.1, -0.05) is 72.3 Å². The minimum absolute atomic E-state index is 0.0581. The molecule has 200 valence electrons. The maximum absolute atomic E-state index is 14.3. The van der Waals surface area contributed by atoms with Crippen molar-refractivity contribution in [1.29, 1.82) is 0 Å². The summed E-state index contributed by atoms with van der Waals surface area (Å²) in [5.74, 6) is -0.206. The van der Waals surface area contributed by atoms with E-state index in [-0.39, 0.29) is 22.8 Å². The van der Waals surface area contributed by atoms with Crippen LogP contribution in [0.3, 0.4) is 0 Å². The number of allylic oxidation sites excluding steroid dienone is 1. The number of fused-ring (bicyclic) bond motifs is 1. The number of nitrogens with zero attached hydrogens (tertiary/aromatic N) is 3. The number of halogens is 1. The summed E-state index contributed by atoms with van der Waals surface area (Å²) >= 11 is 6.00. The topological polar surface area (TPSA) is 70.1 Å². The minimum Gasteiger partial charge on any atom is -0.271 e. The molecule has 0 aromatic heterocycles. The highest BCUT2D eigenvalue weighted by atomic mass is 35.5. The van der Waals surface area contributed by atoms with E-state index in [0.29, 0.717) is 24.4 Å². The monoisotopic (exact) mass is 559 g/mol. The smallest absolute Gasteiger partial charge is 0.261 e. The number of carbonyl (C=O) groups is 1. The Bertz CT molecular complexity index is 1520. The van der Waals surface area contributed by atoms with E-state index in [4.69, 9.17) is 16.7 Å². The van der Waals surface area contributed by atoms with E-state index in [1.54, 1.807) is 17.1 Å². The first kappa shape index (κ1) is 26.0. The molecule has 39 heavy (non-hydrogen) atoms. The number of amides is 1. The lowest BCUT2D eigenvalue weighted by Gasteiger charge is -2.32. The highest BCUT2D eigenvalue weighted by Crippen LogP contribution is 2.45. The van der Waals surface area contributed by atoms with Crippen molar-refractivity contribution in [2.45, 2.75) is 49.1 Å². The van der Waals surface area contributed by atoms with Gasteiger partial charge in [0.25, 0.3) is 5.91 Å². The average molecular weight is 560 g/mol.